The Labute approximate surface area is 94.9 Å². The Kier molecular flexibility index (Phi) is 7.98. The number of pyridine rings is 1. The first-order chi connectivity index (χ1) is 7.26. The summed E-state index contributed by atoms with van der Waals surface area (Å²) in [7, 11) is 0. The molecule has 0 aliphatic rings. The van der Waals surface area contributed by atoms with Crippen molar-refractivity contribution in [2.24, 2.45) is 0 Å². The van der Waals surface area contributed by atoms with Gasteiger partial charge in [-0.1, -0.05) is 40.5 Å². The first-order valence-electron chi connectivity index (χ1n) is 6.22. The molecule has 15 heavy (non-hydrogen) atoms. The molecule has 0 fully saturated rings. The monoisotopic (exact) mass is 207 g/mol. The SMILES string of the molecule is CC.CCCc1cc(C)nc(CCC)c1. The van der Waals surface area contributed by atoms with E-state index in [2.05, 4.69) is 37.9 Å². The van der Waals surface area contributed by atoms with E-state index in [-0.39, 0.29) is 0 Å². The zero-order chi connectivity index (χ0) is 11.7. The predicted octanol–water partition coefficient (Wildman–Crippen LogP) is 4.32. The smallest absolute Gasteiger partial charge is 0.0409 e. The van der Waals surface area contributed by atoms with E-state index >= 15 is 0 Å². The van der Waals surface area contributed by atoms with Crippen LogP contribution < -0.4 is 0 Å². The Hall–Kier alpha value is -0.850. The van der Waals surface area contributed by atoms with E-state index in [0.717, 1.165) is 12.1 Å². The van der Waals surface area contributed by atoms with Crippen LogP contribution in [0.4, 0.5) is 0 Å². The molecule has 1 nitrogen and oxygen atoms in total. The third-order valence-electron chi connectivity index (χ3n) is 2.11. The average molecular weight is 207 g/mol. The molecule has 0 radical (unpaired) electrons. The average Bonchev–Trinajstić information content (AvgIpc) is 2.21. The molecule has 1 aromatic rings. The van der Waals surface area contributed by atoms with Crippen molar-refractivity contribution in [2.45, 2.75) is 60.3 Å². The minimum Gasteiger partial charge on any atom is -0.258 e. The molecule has 0 saturated carbocycles. The quantitative estimate of drug-likeness (QED) is 0.716. The fourth-order valence-corrected chi connectivity index (χ4v) is 1.63. The van der Waals surface area contributed by atoms with Crippen molar-refractivity contribution in [3.05, 3.63) is 29.1 Å². The number of aryl methyl sites for hydroxylation is 3. The van der Waals surface area contributed by atoms with E-state index in [1.165, 1.54) is 30.5 Å². The zero-order valence-electron chi connectivity index (χ0n) is 10.9. The van der Waals surface area contributed by atoms with Crippen molar-refractivity contribution in [1.29, 1.82) is 0 Å². The molecular weight excluding hydrogens is 182 g/mol. The van der Waals surface area contributed by atoms with Crippen LogP contribution in [-0.2, 0) is 12.8 Å². The minimum atomic E-state index is 1.11. The fourth-order valence-electron chi connectivity index (χ4n) is 1.63. The first-order valence-corrected chi connectivity index (χ1v) is 6.22. The van der Waals surface area contributed by atoms with Gasteiger partial charge in [-0.2, -0.15) is 0 Å². The van der Waals surface area contributed by atoms with E-state index in [0.29, 0.717) is 0 Å². The molecule has 0 N–H and O–H groups in total. The standard InChI is InChI=1S/C12H19N.C2H6/c1-4-6-11-8-10(3)13-12(9-11)7-5-2;1-2/h8-9H,4-7H2,1-3H3;1-2H3. The van der Waals surface area contributed by atoms with Crippen LogP contribution in [0.1, 0.15) is 57.5 Å². The van der Waals surface area contributed by atoms with E-state index in [1.807, 2.05) is 13.8 Å². The van der Waals surface area contributed by atoms with Gasteiger partial charge in [0.25, 0.3) is 0 Å². The van der Waals surface area contributed by atoms with Gasteiger partial charge in [-0.15, -0.1) is 0 Å². The summed E-state index contributed by atoms with van der Waals surface area (Å²) in [5.41, 5.74) is 3.86. The van der Waals surface area contributed by atoms with Gasteiger partial charge < -0.3 is 0 Å². The lowest BCUT2D eigenvalue weighted by atomic mass is 10.1. The molecule has 1 aromatic heterocycles. The molecule has 1 rings (SSSR count). The summed E-state index contributed by atoms with van der Waals surface area (Å²) in [6.07, 6.45) is 4.69. The number of nitrogens with zero attached hydrogens (tertiary/aromatic N) is 1. The lowest BCUT2D eigenvalue weighted by molar-refractivity contribution is 0.853. The van der Waals surface area contributed by atoms with Crippen LogP contribution >= 0.6 is 0 Å². The van der Waals surface area contributed by atoms with E-state index in [9.17, 15) is 0 Å². The molecule has 0 spiro atoms. The van der Waals surface area contributed by atoms with Crippen LogP contribution in [0.2, 0.25) is 0 Å². The van der Waals surface area contributed by atoms with Gasteiger partial charge in [-0.25, -0.2) is 0 Å². The van der Waals surface area contributed by atoms with Gasteiger partial charge in [0.1, 0.15) is 0 Å². The number of aromatic nitrogens is 1. The molecule has 0 aliphatic carbocycles. The second-order valence-electron chi connectivity index (χ2n) is 3.61. The highest BCUT2D eigenvalue weighted by molar-refractivity contribution is 5.21. The third kappa shape index (κ3) is 5.56. The Morgan fingerprint density at radius 1 is 1.00 bits per heavy atom. The van der Waals surface area contributed by atoms with E-state index in [1.54, 1.807) is 0 Å². The van der Waals surface area contributed by atoms with Gasteiger partial charge in [-0.3, -0.25) is 4.98 Å². The van der Waals surface area contributed by atoms with Gasteiger partial charge in [0, 0.05) is 11.4 Å². The molecule has 0 saturated heterocycles. The predicted molar refractivity (Wildman–Crippen MR) is 68.3 cm³/mol. The lowest BCUT2D eigenvalue weighted by Crippen LogP contribution is -1.95. The molecule has 0 aliphatic heterocycles. The highest BCUT2D eigenvalue weighted by atomic mass is 14.7. The van der Waals surface area contributed by atoms with Gasteiger partial charge in [-0.05, 0) is 37.5 Å². The van der Waals surface area contributed by atoms with E-state index < -0.39 is 0 Å². The molecule has 0 unspecified atom stereocenters. The topological polar surface area (TPSA) is 12.9 Å². The normalized spacial score (nSPS) is 9.40. The second-order valence-corrected chi connectivity index (χ2v) is 3.61. The fraction of sp³-hybridized carbons (Fsp3) is 0.643. The van der Waals surface area contributed by atoms with Crippen LogP contribution in [0.3, 0.4) is 0 Å². The Morgan fingerprint density at radius 3 is 2.13 bits per heavy atom. The van der Waals surface area contributed by atoms with Gasteiger partial charge in [0.15, 0.2) is 0 Å². The summed E-state index contributed by atoms with van der Waals surface area (Å²) < 4.78 is 0. The number of hydrogen-bond donors (Lipinski definition) is 0. The summed E-state index contributed by atoms with van der Waals surface area (Å²) in [6, 6.07) is 4.45. The van der Waals surface area contributed by atoms with Gasteiger partial charge in [0.2, 0.25) is 0 Å². The molecule has 0 bridgehead atoms. The van der Waals surface area contributed by atoms with Crippen molar-refractivity contribution in [2.75, 3.05) is 0 Å². The summed E-state index contributed by atoms with van der Waals surface area (Å²) in [5, 5.41) is 0. The largest absolute Gasteiger partial charge is 0.258 e. The highest BCUT2D eigenvalue weighted by Crippen LogP contribution is 2.09. The summed E-state index contributed by atoms with van der Waals surface area (Å²) >= 11 is 0. The molecule has 0 atom stereocenters. The molecule has 0 aromatic carbocycles. The van der Waals surface area contributed by atoms with Gasteiger partial charge >= 0.3 is 0 Å². The summed E-state index contributed by atoms with van der Waals surface area (Å²) in [4.78, 5) is 4.51. The van der Waals surface area contributed by atoms with Crippen LogP contribution in [0.15, 0.2) is 12.1 Å². The lowest BCUT2D eigenvalue weighted by Gasteiger charge is -2.04. The Morgan fingerprint density at radius 2 is 1.60 bits per heavy atom. The maximum absolute atomic E-state index is 4.51. The van der Waals surface area contributed by atoms with Crippen LogP contribution in [0.25, 0.3) is 0 Å². The maximum atomic E-state index is 4.51. The summed E-state index contributed by atoms with van der Waals surface area (Å²) in [5.74, 6) is 0. The highest BCUT2D eigenvalue weighted by Gasteiger charge is 1.98. The molecule has 1 heteroatoms. The summed E-state index contributed by atoms with van der Waals surface area (Å²) in [6.45, 7) is 10.5. The Bertz CT molecular complexity index is 242. The molecular formula is C14H25N. The first kappa shape index (κ1) is 14.2. The maximum Gasteiger partial charge on any atom is 0.0409 e. The van der Waals surface area contributed by atoms with Crippen LogP contribution in [-0.4, -0.2) is 4.98 Å². The Balaban J connectivity index is 0.000000921. The van der Waals surface area contributed by atoms with Gasteiger partial charge in [0.05, 0.1) is 0 Å². The van der Waals surface area contributed by atoms with Crippen LogP contribution in [0.5, 0.6) is 0 Å². The van der Waals surface area contributed by atoms with Crippen molar-refractivity contribution in [3.63, 3.8) is 0 Å². The molecule has 1 heterocycles. The minimum absolute atomic E-state index is 1.11. The third-order valence-corrected chi connectivity index (χ3v) is 2.11. The second kappa shape index (κ2) is 8.46. The molecule has 86 valence electrons. The van der Waals surface area contributed by atoms with Crippen molar-refractivity contribution in [1.82, 2.24) is 4.98 Å². The number of hydrogen-bond acceptors (Lipinski definition) is 1. The van der Waals surface area contributed by atoms with Crippen molar-refractivity contribution >= 4 is 0 Å². The van der Waals surface area contributed by atoms with Crippen LogP contribution in [0, 0.1) is 6.92 Å². The number of rotatable bonds is 4. The van der Waals surface area contributed by atoms with E-state index in [4.69, 9.17) is 0 Å². The van der Waals surface area contributed by atoms with Crippen molar-refractivity contribution in [3.8, 4) is 0 Å². The zero-order valence-corrected chi connectivity index (χ0v) is 10.9. The van der Waals surface area contributed by atoms with Crippen molar-refractivity contribution < 1.29 is 0 Å². The molecule has 0 amide bonds.